The van der Waals surface area contributed by atoms with E-state index in [0.29, 0.717) is 27.2 Å². The number of halogens is 1. The summed E-state index contributed by atoms with van der Waals surface area (Å²) in [6, 6.07) is 6.33. The highest BCUT2D eigenvalue weighted by atomic mass is 32.1. The van der Waals surface area contributed by atoms with Gasteiger partial charge in [-0.15, -0.1) is 0 Å². The van der Waals surface area contributed by atoms with Gasteiger partial charge in [-0.25, -0.2) is 19.3 Å². The number of fused-ring (bicyclic) bond motifs is 3. The largest absolute Gasteiger partial charge is 0.371 e. The van der Waals surface area contributed by atoms with E-state index in [-0.39, 0.29) is 23.3 Å². The molecule has 9 heteroatoms. The number of anilines is 1. The monoisotopic (exact) mass is 370 g/mol. The molecule has 2 N–H and O–H groups in total. The number of hydrogen-bond acceptors (Lipinski definition) is 6. The van der Waals surface area contributed by atoms with Crippen molar-refractivity contribution in [1.82, 2.24) is 24.8 Å². The molecule has 0 saturated carbocycles. The summed E-state index contributed by atoms with van der Waals surface area (Å²) in [5, 5.41) is 6.00. The van der Waals surface area contributed by atoms with Crippen molar-refractivity contribution in [3.8, 4) is 0 Å². The molecule has 0 bridgehead atoms. The number of nitrogens with zero attached hydrogens (tertiary/aromatic N) is 4. The standard InChI is InChI=1S/C17H15FN6OS/c1-19-14-11-13(24(2)8-21-11)12-16(23-14)26-17(22-12)15(25)20-7-9-5-3-4-6-10(9)18/h3-6,8H,7H2,1-2H3,(H,19,23)(H,20,25). The van der Waals surface area contributed by atoms with Gasteiger partial charge in [0.15, 0.2) is 10.8 Å². The molecule has 0 unspecified atom stereocenters. The molecule has 0 fully saturated rings. The van der Waals surface area contributed by atoms with E-state index in [9.17, 15) is 9.18 Å². The van der Waals surface area contributed by atoms with Crippen molar-refractivity contribution in [1.29, 1.82) is 0 Å². The van der Waals surface area contributed by atoms with Crippen molar-refractivity contribution in [3.63, 3.8) is 0 Å². The van der Waals surface area contributed by atoms with Crippen LogP contribution in [0.25, 0.3) is 21.4 Å². The van der Waals surface area contributed by atoms with E-state index < -0.39 is 0 Å². The van der Waals surface area contributed by atoms with E-state index in [1.807, 2.05) is 11.6 Å². The second kappa shape index (κ2) is 6.34. The zero-order valence-corrected chi connectivity index (χ0v) is 14.9. The summed E-state index contributed by atoms with van der Waals surface area (Å²) < 4.78 is 15.5. The molecule has 3 aromatic heterocycles. The number of amides is 1. The third kappa shape index (κ3) is 2.66. The van der Waals surface area contributed by atoms with Gasteiger partial charge in [-0.2, -0.15) is 0 Å². The van der Waals surface area contributed by atoms with Gasteiger partial charge in [-0.1, -0.05) is 29.5 Å². The van der Waals surface area contributed by atoms with Crippen LogP contribution in [0.15, 0.2) is 30.6 Å². The summed E-state index contributed by atoms with van der Waals surface area (Å²) in [7, 11) is 3.64. The third-order valence-corrected chi connectivity index (χ3v) is 4.98. The van der Waals surface area contributed by atoms with Crippen LogP contribution in [0, 0.1) is 5.82 Å². The first-order valence-electron chi connectivity index (χ1n) is 7.89. The Bertz CT molecular complexity index is 1140. The minimum absolute atomic E-state index is 0.0950. The molecule has 4 rings (SSSR count). The Hall–Kier alpha value is -3.07. The van der Waals surface area contributed by atoms with Gasteiger partial charge < -0.3 is 15.2 Å². The molecule has 132 valence electrons. The molecule has 0 radical (unpaired) electrons. The van der Waals surface area contributed by atoms with Crippen LogP contribution in [0.2, 0.25) is 0 Å². The topological polar surface area (TPSA) is 84.7 Å². The van der Waals surface area contributed by atoms with Gasteiger partial charge >= 0.3 is 0 Å². The maximum absolute atomic E-state index is 13.7. The zero-order valence-electron chi connectivity index (χ0n) is 14.1. The van der Waals surface area contributed by atoms with Crippen LogP contribution < -0.4 is 10.6 Å². The van der Waals surface area contributed by atoms with E-state index in [0.717, 1.165) is 5.52 Å². The number of carbonyl (C=O) groups excluding carboxylic acids is 1. The summed E-state index contributed by atoms with van der Waals surface area (Å²) in [6.45, 7) is 0.0950. The van der Waals surface area contributed by atoms with Gasteiger partial charge in [0.25, 0.3) is 5.91 Å². The first-order valence-corrected chi connectivity index (χ1v) is 8.71. The maximum Gasteiger partial charge on any atom is 0.280 e. The Kier molecular flexibility index (Phi) is 4.00. The van der Waals surface area contributed by atoms with E-state index in [4.69, 9.17) is 0 Å². The number of rotatable bonds is 4. The van der Waals surface area contributed by atoms with Crippen LogP contribution >= 0.6 is 11.3 Å². The molecule has 0 spiro atoms. The van der Waals surface area contributed by atoms with Gasteiger partial charge in [0.1, 0.15) is 27.2 Å². The van der Waals surface area contributed by atoms with Crippen LogP contribution in [0.1, 0.15) is 15.4 Å². The van der Waals surface area contributed by atoms with Crippen molar-refractivity contribution < 1.29 is 9.18 Å². The van der Waals surface area contributed by atoms with Crippen molar-refractivity contribution >= 4 is 44.4 Å². The van der Waals surface area contributed by atoms with Crippen molar-refractivity contribution in [2.45, 2.75) is 6.54 Å². The summed E-state index contributed by atoms with van der Waals surface area (Å²) in [5.74, 6) is -0.0818. The number of thiazole rings is 1. The fraction of sp³-hybridized carbons (Fsp3) is 0.176. The number of aryl methyl sites for hydroxylation is 1. The van der Waals surface area contributed by atoms with Gasteiger partial charge in [-0.05, 0) is 6.07 Å². The lowest BCUT2D eigenvalue weighted by Crippen LogP contribution is -2.23. The molecule has 0 saturated heterocycles. The number of benzene rings is 1. The lowest BCUT2D eigenvalue weighted by Gasteiger charge is -2.04. The SMILES string of the molecule is CNc1nc2sc(C(=O)NCc3ccccc3F)nc2c2c1ncn2C. The van der Waals surface area contributed by atoms with E-state index >= 15 is 0 Å². The minimum Gasteiger partial charge on any atom is -0.371 e. The molecule has 4 aromatic rings. The van der Waals surface area contributed by atoms with Crippen LogP contribution in [-0.2, 0) is 13.6 Å². The molecule has 0 atom stereocenters. The predicted octanol–water partition coefficient (Wildman–Crippen LogP) is 2.69. The number of hydrogen-bond donors (Lipinski definition) is 2. The van der Waals surface area contributed by atoms with Gasteiger partial charge in [-0.3, -0.25) is 4.79 Å². The minimum atomic E-state index is -0.363. The average molecular weight is 370 g/mol. The smallest absolute Gasteiger partial charge is 0.280 e. The fourth-order valence-electron chi connectivity index (χ4n) is 2.74. The number of nitrogens with one attached hydrogen (secondary N) is 2. The predicted molar refractivity (Wildman–Crippen MR) is 98.8 cm³/mol. The second-order valence-electron chi connectivity index (χ2n) is 5.71. The van der Waals surface area contributed by atoms with Crippen molar-refractivity contribution in [2.75, 3.05) is 12.4 Å². The lowest BCUT2D eigenvalue weighted by molar-refractivity contribution is 0.0950. The van der Waals surface area contributed by atoms with E-state index in [1.54, 1.807) is 31.6 Å². The van der Waals surface area contributed by atoms with Crippen LogP contribution in [-0.4, -0.2) is 32.5 Å². The Labute approximate surface area is 151 Å². The highest BCUT2D eigenvalue weighted by molar-refractivity contribution is 7.20. The van der Waals surface area contributed by atoms with Crippen molar-refractivity contribution in [2.24, 2.45) is 7.05 Å². The third-order valence-electron chi connectivity index (χ3n) is 4.04. The van der Waals surface area contributed by atoms with Crippen LogP contribution in [0.4, 0.5) is 10.2 Å². The lowest BCUT2D eigenvalue weighted by atomic mass is 10.2. The average Bonchev–Trinajstić information content (AvgIpc) is 3.23. The molecular weight excluding hydrogens is 355 g/mol. The van der Waals surface area contributed by atoms with E-state index in [2.05, 4.69) is 25.6 Å². The number of carbonyl (C=O) groups is 1. The Morgan fingerprint density at radius 2 is 2.08 bits per heavy atom. The first kappa shape index (κ1) is 16.4. The molecule has 0 aliphatic rings. The molecule has 1 aromatic carbocycles. The zero-order chi connectivity index (χ0) is 18.3. The number of imidazole rings is 1. The van der Waals surface area contributed by atoms with Crippen LogP contribution in [0.5, 0.6) is 0 Å². The summed E-state index contributed by atoms with van der Waals surface area (Å²) >= 11 is 1.19. The molecule has 0 aliphatic carbocycles. The summed E-state index contributed by atoms with van der Waals surface area (Å²) in [6.07, 6.45) is 1.68. The Morgan fingerprint density at radius 1 is 1.27 bits per heavy atom. The second-order valence-corrected chi connectivity index (χ2v) is 6.69. The van der Waals surface area contributed by atoms with E-state index in [1.165, 1.54) is 17.4 Å². The number of aromatic nitrogens is 4. The molecule has 3 heterocycles. The normalized spacial score (nSPS) is 11.2. The highest BCUT2D eigenvalue weighted by Crippen LogP contribution is 2.31. The summed E-state index contributed by atoms with van der Waals surface area (Å²) in [5.41, 5.74) is 2.56. The van der Waals surface area contributed by atoms with Crippen LogP contribution in [0.3, 0.4) is 0 Å². The molecule has 26 heavy (non-hydrogen) atoms. The Morgan fingerprint density at radius 3 is 2.85 bits per heavy atom. The van der Waals surface area contributed by atoms with Crippen molar-refractivity contribution in [3.05, 3.63) is 47.0 Å². The van der Waals surface area contributed by atoms with Gasteiger partial charge in [0, 0.05) is 26.2 Å². The molecule has 7 nitrogen and oxygen atoms in total. The summed E-state index contributed by atoms with van der Waals surface area (Å²) in [4.78, 5) is 26.4. The Balaban J connectivity index is 1.69. The fourth-order valence-corrected chi connectivity index (χ4v) is 3.60. The molecule has 0 aliphatic heterocycles. The highest BCUT2D eigenvalue weighted by Gasteiger charge is 2.19. The quantitative estimate of drug-likeness (QED) is 0.577. The molecule has 1 amide bonds. The van der Waals surface area contributed by atoms with Gasteiger partial charge in [0.05, 0.1) is 6.33 Å². The molecular formula is C17H15FN6OS. The van der Waals surface area contributed by atoms with Gasteiger partial charge in [0.2, 0.25) is 0 Å². The number of pyridine rings is 1. The maximum atomic E-state index is 13.7. The first-order chi connectivity index (χ1) is 12.6.